The molecule has 1 aromatic rings. The van der Waals surface area contributed by atoms with Gasteiger partial charge in [0.25, 0.3) is 0 Å². The summed E-state index contributed by atoms with van der Waals surface area (Å²) in [4.78, 5) is 19.9. The fourth-order valence-electron chi connectivity index (χ4n) is 1.33. The average Bonchev–Trinajstić information content (AvgIpc) is 2.28. The topological polar surface area (TPSA) is 86.3 Å². The van der Waals surface area contributed by atoms with Crippen LogP contribution in [-0.2, 0) is 0 Å². The highest BCUT2D eigenvalue weighted by Crippen LogP contribution is 2.28. The molecule has 0 aliphatic heterocycles. The lowest BCUT2D eigenvalue weighted by Gasteiger charge is -2.11. The van der Waals surface area contributed by atoms with Gasteiger partial charge in [-0.1, -0.05) is 30.3 Å². The van der Waals surface area contributed by atoms with Crippen LogP contribution in [-0.4, -0.2) is 28.7 Å². The molecule has 0 N–H and O–H groups in total. The summed E-state index contributed by atoms with van der Waals surface area (Å²) in [5, 5.41) is 20.4. The maximum Gasteiger partial charge on any atom is 0.219 e. The van der Waals surface area contributed by atoms with Gasteiger partial charge in [0.1, 0.15) is 0 Å². The Bertz CT molecular complexity index is 385. The van der Waals surface area contributed by atoms with Gasteiger partial charge in [-0.25, -0.2) is 0 Å². The molecule has 0 heterocycles. The van der Waals surface area contributed by atoms with Gasteiger partial charge in [0.2, 0.25) is 13.1 Å². The Morgan fingerprint density at radius 1 is 1.12 bits per heavy atom. The molecule has 17 heavy (non-hydrogen) atoms. The molecule has 7 heteroatoms. The largest absolute Gasteiger partial charge is 0.265 e. The third kappa shape index (κ3) is 5.30. The molecule has 0 saturated carbocycles. The van der Waals surface area contributed by atoms with Crippen LogP contribution in [0.3, 0.4) is 0 Å². The van der Waals surface area contributed by atoms with Crippen molar-refractivity contribution in [3.63, 3.8) is 0 Å². The van der Waals surface area contributed by atoms with Crippen molar-refractivity contribution in [2.45, 2.75) is 5.25 Å². The molecule has 0 aliphatic carbocycles. The zero-order valence-electron chi connectivity index (χ0n) is 9.02. The summed E-state index contributed by atoms with van der Waals surface area (Å²) < 4.78 is 0. The second-order valence-electron chi connectivity index (χ2n) is 3.34. The minimum atomic E-state index is -0.415. The number of benzene rings is 1. The molecule has 1 atom stereocenters. The van der Waals surface area contributed by atoms with Crippen LogP contribution in [0, 0.1) is 20.2 Å². The molecule has 0 spiro atoms. The third-order valence-corrected chi connectivity index (χ3v) is 3.32. The van der Waals surface area contributed by atoms with E-state index in [-0.39, 0.29) is 24.1 Å². The molecule has 0 bridgehead atoms. The summed E-state index contributed by atoms with van der Waals surface area (Å²) in [7, 11) is 0. The van der Waals surface area contributed by atoms with Crippen molar-refractivity contribution in [1.82, 2.24) is 0 Å². The first-order valence-electron chi connectivity index (χ1n) is 4.99. The van der Waals surface area contributed by atoms with E-state index < -0.39 is 9.85 Å². The number of nitrogens with zero attached hydrogens (tertiary/aromatic N) is 2. The van der Waals surface area contributed by atoms with Crippen molar-refractivity contribution >= 4 is 11.8 Å². The van der Waals surface area contributed by atoms with E-state index in [9.17, 15) is 20.2 Å². The van der Waals surface area contributed by atoms with Crippen LogP contribution in [0.15, 0.2) is 30.3 Å². The third-order valence-electron chi connectivity index (χ3n) is 2.08. The molecule has 1 aromatic carbocycles. The number of hydrogen-bond acceptors (Lipinski definition) is 5. The molecule has 0 radical (unpaired) electrons. The molecule has 0 aliphatic rings. The molecule has 1 rings (SSSR count). The van der Waals surface area contributed by atoms with Crippen molar-refractivity contribution in [1.29, 1.82) is 0 Å². The predicted octanol–water partition coefficient (Wildman–Crippen LogP) is 2.01. The Morgan fingerprint density at radius 3 is 2.29 bits per heavy atom. The van der Waals surface area contributed by atoms with Gasteiger partial charge < -0.3 is 0 Å². The van der Waals surface area contributed by atoms with Gasteiger partial charge in [-0.15, -0.1) is 11.8 Å². The molecule has 0 aromatic heterocycles. The van der Waals surface area contributed by atoms with Gasteiger partial charge in [0, 0.05) is 9.85 Å². The minimum absolute atomic E-state index is 0.175. The van der Waals surface area contributed by atoms with Crippen LogP contribution in [0.1, 0.15) is 10.8 Å². The molecular weight excluding hydrogens is 244 g/mol. The van der Waals surface area contributed by atoms with Crippen molar-refractivity contribution < 1.29 is 9.85 Å². The zero-order chi connectivity index (χ0) is 12.7. The molecule has 0 fully saturated rings. The maximum absolute atomic E-state index is 10.5. The smallest absolute Gasteiger partial charge is 0.219 e. The minimum Gasteiger partial charge on any atom is -0.265 e. The van der Waals surface area contributed by atoms with Crippen LogP contribution in [0.25, 0.3) is 0 Å². The van der Waals surface area contributed by atoms with Crippen molar-refractivity contribution in [2.75, 3.05) is 18.8 Å². The lowest BCUT2D eigenvalue weighted by molar-refractivity contribution is -0.480. The highest BCUT2D eigenvalue weighted by Gasteiger charge is 2.18. The highest BCUT2D eigenvalue weighted by molar-refractivity contribution is 7.99. The molecule has 92 valence electrons. The summed E-state index contributed by atoms with van der Waals surface area (Å²) in [6.45, 7) is -0.391. The summed E-state index contributed by atoms with van der Waals surface area (Å²) in [5.74, 6) is 0.278. The van der Waals surface area contributed by atoms with E-state index in [0.29, 0.717) is 0 Å². The lowest BCUT2D eigenvalue weighted by Crippen LogP contribution is -2.12. The van der Waals surface area contributed by atoms with Gasteiger partial charge >= 0.3 is 0 Å². The fraction of sp³-hybridized carbons (Fsp3) is 0.400. The van der Waals surface area contributed by atoms with Crippen LogP contribution in [0.4, 0.5) is 0 Å². The summed E-state index contributed by atoms with van der Waals surface area (Å²) in [6, 6.07) is 9.03. The SMILES string of the molecule is O=[N+]([O-])CCSC(C[N+](=O)[O-])c1ccccc1. The Morgan fingerprint density at radius 2 is 1.76 bits per heavy atom. The first-order valence-corrected chi connectivity index (χ1v) is 6.04. The Kier molecular flexibility index (Phi) is 5.41. The Balaban J connectivity index is 2.61. The van der Waals surface area contributed by atoms with Gasteiger partial charge in [-0.3, -0.25) is 20.2 Å². The van der Waals surface area contributed by atoms with Gasteiger partial charge in [-0.2, -0.15) is 0 Å². The summed E-state index contributed by atoms with van der Waals surface area (Å²) in [5.41, 5.74) is 0.831. The van der Waals surface area contributed by atoms with Crippen LogP contribution >= 0.6 is 11.8 Å². The van der Waals surface area contributed by atoms with Crippen LogP contribution in [0.2, 0.25) is 0 Å². The van der Waals surface area contributed by atoms with Crippen LogP contribution in [0.5, 0.6) is 0 Å². The Labute approximate surface area is 102 Å². The van der Waals surface area contributed by atoms with E-state index in [2.05, 4.69) is 0 Å². The summed E-state index contributed by atoms with van der Waals surface area (Å²) >= 11 is 1.25. The van der Waals surface area contributed by atoms with Gasteiger partial charge in [0.15, 0.2) is 0 Å². The van der Waals surface area contributed by atoms with Crippen molar-refractivity contribution in [3.8, 4) is 0 Å². The number of thioether (sulfide) groups is 1. The van der Waals surface area contributed by atoms with E-state index in [4.69, 9.17) is 0 Å². The van der Waals surface area contributed by atoms with E-state index in [1.807, 2.05) is 6.07 Å². The fourth-order valence-corrected chi connectivity index (χ4v) is 2.44. The molecule has 6 nitrogen and oxygen atoms in total. The van der Waals surface area contributed by atoms with Crippen molar-refractivity contribution in [2.24, 2.45) is 0 Å². The van der Waals surface area contributed by atoms with Crippen molar-refractivity contribution in [3.05, 3.63) is 56.1 Å². The maximum atomic E-state index is 10.5. The van der Waals surface area contributed by atoms with E-state index in [1.54, 1.807) is 24.3 Å². The number of hydrogen-bond donors (Lipinski definition) is 0. The monoisotopic (exact) mass is 256 g/mol. The van der Waals surface area contributed by atoms with Crippen LogP contribution < -0.4 is 0 Å². The van der Waals surface area contributed by atoms with Gasteiger partial charge in [0.05, 0.1) is 11.0 Å². The van der Waals surface area contributed by atoms with Gasteiger partial charge in [-0.05, 0) is 5.56 Å². The lowest BCUT2D eigenvalue weighted by atomic mass is 10.1. The zero-order valence-corrected chi connectivity index (χ0v) is 9.84. The molecular formula is C10H12N2O4S. The quantitative estimate of drug-likeness (QED) is 0.550. The Hall–Kier alpha value is -1.63. The second kappa shape index (κ2) is 6.85. The standard InChI is InChI=1S/C10H12N2O4S/c13-11(14)6-7-17-10(8-12(15)16)9-4-2-1-3-5-9/h1-5,10H,6-8H2. The van der Waals surface area contributed by atoms with E-state index in [0.717, 1.165) is 5.56 Å². The molecule has 0 saturated heterocycles. The molecule has 0 amide bonds. The molecule has 1 unspecified atom stereocenters. The normalized spacial score (nSPS) is 12.0. The number of nitro groups is 2. The average molecular weight is 256 g/mol. The summed E-state index contributed by atoms with van der Waals surface area (Å²) in [6.07, 6.45) is 0. The second-order valence-corrected chi connectivity index (χ2v) is 4.65. The number of rotatable bonds is 7. The van der Waals surface area contributed by atoms with E-state index in [1.165, 1.54) is 11.8 Å². The predicted molar refractivity (Wildman–Crippen MR) is 65.4 cm³/mol. The van der Waals surface area contributed by atoms with E-state index >= 15 is 0 Å². The first kappa shape index (κ1) is 13.4. The highest BCUT2D eigenvalue weighted by atomic mass is 32.2. The first-order chi connectivity index (χ1) is 8.09.